The maximum atomic E-state index is 3.70. The summed E-state index contributed by atoms with van der Waals surface area (Å²) in [5.74, 6) is 1.56. The first kappa shape index (κ1) is 15.8. The van der Waals surface area contributed by atoms with Gasteiger partial charge in [-0.1, -0.05) is 85.3 Å². The van der Waals surface area contributed by atoms with E-state index in [1.807, 2.05) is 0 Å². The summed E-state index contributed by atoms with van der Waals surface area (Å²) in [5, 5.41) is 1.08. The molecule has 1 heteroatoms. The van der Waals surface area contributed by atoms with E-state index in [1.54, 1.807) is 0 Å². The van der Waals surface area contributed by atoms with Crippen LogP contribution < -0.4 is 0 Å². The van der Waals surface area contributed by atoms with Crippen LogP contribution in [0, 0.1) is 12.8 Å². The average Bonchev–Trinajstić information content (AvgIpc) is 2.40. The first-order valence-electron chi connectivity index (χ1n) is 7.33. The average molecular weight is 311 g/mol. The standard InChI is InChI=1S/C17H27Br/c1-4-6-7-15(5-2)12-17(13-18)16-10-8-14(3)9-11-16/h8-11,15,17H,4-7,12-13H2,1-3H3. The number of alkyl halides is 1. The zero-order chi connectivity index (χ0) is 13.4. The molecule has 1 aromatic carbocycles. The molecular weight excluding hydrogens is 284 g/mol. The third-order valence-corrected chi connectivity index (χ3v) is 4.68. The van der Waals surface area contributed by atoms with Crippen LogP contribution in [0.5, 0.6) is 0 Å². The van der Waals surface area contributed by atoms with Gasteiger partial charge < -0.3 is 0 Å². The van der Waals surface area contributed by atoms with Gasteiger partial charge in [0.15, 0.2) is 0 Å². The van der Waals surface area contributed by atoms with Crippen LogP contribution in [-0.2, 0) is 0 Å². The van der Waals surface area contributed by atoms with E-state index in [0.29, 0.717) is 5.92 Å². The first-order chi connectivity index (χ1) is 8.71. The van der Waals surface area contributed by atoms with Crippen LogP contribution in [0.2, 0.25) is 0 Å². The van der Waals surface area contributed by atoms with E-state index in [2.05, 4.69) is 61.0 Å². The number of rotatable bonds is 8. The summed E-state index contributed by atoms with van der Waals surface area (Å²) in [5.41, 5.74) is 2.84. The molecule has 0 radical (unpaired) electrons. The Hall–Kier alpha value is -0.300. The zero-order valence-corrected chi connectivity index (χ0v) is 13.7. The number of unbranched alkanes of at least 4 members (excludes halogenated alkanes) is 1. The van der Waals surface area contributed by atoms with Gasteiger partial charge in [-0.05, 0) is 30.7 Å². The van der Waals surface area contributed by atoms with Gasteiger partial charge in [0.1, 0.15) is 0 Å². The lowest BCUT2D eigenvalue weighted by molar-refractivity contribution is 0.397. The van der Waals surface area contributed by atoms with Crippen molar-refractivity contribution < 1.29 is 0 Å². The van der Waals surface area contributed by atoms with Gasteiger partial charge in [0.25, 0.3) is 0 Å². The molecule has 0 N–H and O–H groups in total. The summed E-state index contributed by atoms with van der Waals surface area (Å²) in [6.45, 7) is 6.78. The molecule has 0 fully saturated rings. The number of aryl methyl sites for hydroxylation is 1. The molecule has 0 spiro atoms. The molecule has 102 valence electrons. The Bertz CT molecular complexity index is 315. The normalized spacial score (nSPS) is 14.4. The third kappa shape index (κ3) is 5.14. The highest BCUT2D eigenvalue weighted by Crippen LogP contribution is 2.30. The molecule has 0 saturated carbocycles. The van der Waals surface area contributed by atoms with Crippen LogP contribution in [0.3, 0.4) is 0 Å². The predicted molar refractivity (Wildman–Crippen MR) is 85.6 cm³/mol. The van der Waals surface area contributed by atoms with Crippen LogP contribution >= 0.6 is 15.9 Å². The maximum absolute atomic E-state index is 3.70. The molecule has 2 unspecified atom stereocenters. The Morgan fingerprint density at radius 2 is 1.78 bits per heavy atom. The van der Waals surface area contributed by atoms with E-state index in [4.69, 9.17) is 0 Å². The molecule has 0 aliphatic rings. The fourth-order valence-electron chi connectivity index (χ4n) is 2.51. The van der Waals surface area contributed by atoms with E-state index in [-0.39, 0.29) is 0 Å². The molecule has 0 aliphatic carbocycles. The van der Waals surface area contributed by atoms with Gasteiger partial charge >= 0.3 is 0 Å². The van der Waals surface area contributed by atoms with E-state index in [1.165, 1.54) is 43.2 Å². The highest BCUT2D eigenvalue weighted by molar-refractivity contribution is 9.09. The van der Waals surface area contributed by atoms with Crippen LogP contribution in [0.1, 0.15) is 63.0 Å². The molecular formula is C17H27Br. The molecule has 0 heterocycles. The molecule has 1 rings (SSSR count). The third-order valence-electron chi connectivity index (χ3n) is 3.90. The lowest BCUT2D eigenvalue weighted by Crippen LogP contribution is -2.09. The highest BCUT2D eigenvalue weighted by Gasteiger charge is 2.15. The van der Waals surface area contributed by atoms with Crippen molar-refractivity contribution in [3.05, 3.63) is 35.4 Å². The second-order valence-electron chi connectivity index (χ2n) is 5.41. The number of hydrogen-bond acceptors (Lipinski definition) is 0. The number of halogens is 1. The minimum Gasteiger partial charge on any atom is -0.0921 e. The van der Waals surface area contributed by atoms with Gasteiger partial charge in [-0.3, -0.25) is 0 Å². The van der Waals surface area contributed by atoms with Crippen LogP contribution in [0.15, 0.2) is 24.3 Å². The predicted octanol–water partition coefficient (Wildman–Crippen LogP) is 6.08. The Labute approximate surface area is 121 Å². The van der Waals surface area contributed by atoms with E-state index in [0.717, 1.165) is 11.2 Å². The van der Waals surface area contributed by atoms with Crippen molar-refractivity contribution in [1.82, 2.24) is 0 Å². The minimum absolute atomic E-state index is 0.674. The minimum atomic E-state index is 0.674. The molecule has 2 atom stereocenters. The van der Waals surface area contributed by atoms with Crippen LogP contribution in [-0.4, -0.2) is 5.33 Å². The summed E-state index contributed by atoms with van der Waals surface area (Å²) >= 11 is 3.70. The highest BCUT2D eigenvalue weighted by atomic mass is 79.9. The van der Waals surface area contributed by atoms with Crippen molar-refractivity contribution in [3.63, 3.8) is 0 Å². The lowest BCUT2D eigenvalue weighted by Gasteiger charge is -2.21. The van der Waals surface area contributed by atoms with Crippen molar-refractivity contribution in [2.24, 2.45) is 5.92 Å². The van der Waals surface area contributed by atoms with Crippen molar-refractivity contribution >= 4 is 15.9 Å². The topological polar surface area (TPSA) is 0 Å². The molecule has 0 aromatic heterocycles. The number of hydrogen-bond donors (Lipinski definition) is 0. The molecule has 18 heavy (non-hydrogen) atoms. The van der Waals surface area contributed by atoms with Crippen molar-refractivity contribution in [2.75, 3.05) is 5.33 Å². The first-order valence-corrected chi connectivity index (χ1v) is 8.45. The van der Waals surface area contributed by atoms with Crippen LogP contribution in [0.25, 0.3) is 0 Å². The summed E-state index contributed by atoms with van der Waals surface area (Å²) in [4.78, 5) is 0. The fraction of sp³-hybridized carbons (Fsp3) is 0.647. The summed E-state index contributed by atoms with van der Waals surface area (Å²) in [6, 6.07) is 9.07. The van der Waals surface area contributed by atoms with Crippen molar-refractivity contribution in [3.8, 4) is 0 Å². The van der Waals surface area contributed by atoms with Gasteiger partial charge in [0.2, 0.25) is 0 Å². The monoisotopic (exact) mass is 310 g/mol. The molecule has 1 aromatic rings. The van der Waals surface area contributed by atoms with Gasteiger partial charge in [-0.2, -0.15) is 0 Å². The van der Waals surface area contributed by atoms with Gasteiger partial charge in [0, 0.05) is 5.33 Å². The molecule has 0 aliphatic heterocycles. The van der Waals surface area contributed by atoms with Crippen molar-refractivity contribution in [2.45, 2.75) is 58.8 Å². The van der Waals surface area contributed by atoms with Gasteiger partial charge in [-0.15, -0.1) is 0 Å². The Morgan fingerprint density at radius 3 is 2.28 bits per heavy atom. The second kappa shape index (κ2) is 8.74. The zero-order valence-electron chi connectivity index (χ0n) is 12.1. The largest absolute Gasteiger partial charge is 0.0921 e. The Kier molecular flexibility index (Phi) is 7.65. The molecule has 0 nitrogen and oxygen atoms in total. The van der Waals surface area contributed by atoms with E-state index >= 15 is 0 Å². The Balaban J connectivity index is 2.62. The lowest BCUT2D eigenvalue weighted by atomic mass is 9.86. The van der Waals surface area contributed by atoms with E-state index in [9.17, 15) is 0 Å². The summed E-state index contributed by atoms with van der Waals surface area (Å²) in [7, 11) is 0. The summed E-state index contributed by atoms with van der Waals surface area (Å²) in [6.07, 6.45) is 6.73. The quantitative estimate of drug-likeness (QED) is 0.510. The van der Waals surface area contributed by atoms with Crippen molar-refractivity contribution in [1.29, 1.82) is 0 Å². The van der Waals surface area contributed by atoms with Gasteiger partial charge in [-0.25, -0.2) is 0 Å². The molecule has 0 saturated heterocycles. The molecule has 0 amide bonds. The van der Waals surface area contributed by atoms with Crippen LogP contribution in [0.4, 0.5) is 0 Å². The second-order valence-corrected chi connectivity index (χ2v) is 6.06. The maximum Gasteiger partial charge on any atom is 0.0100 e. The van der Waals surface area contributed by atoms with E-state index < -0.39 is 0 Å². The fourth-order valence-corrected chi connectivity index (χ4v) is 3.15. The molecule has 0 bridgehead atoms. The smallest absolute Gasteiger partial charge is 0.0100 e. The SMILES string of the molecule is CCCCC(CC)CC(CBr)c1ccc(C)cc1. The van der Waals surface area contributed by atoms with Gasteiger partial charge in [0.05, 0.1) is 0 Å². The Morgan fingerprint density at radius 1 is 1.11 bits per heavy atom. The summed E-state index contributed by atoms with van der Waals surface area (Å²) < 4.78 is 0. The number of benzene rings is 1.